The van der Waals surface area contributed by atoms with E-state index in [4.69, 9.17) is 11.6 Å². The molecule has 2 atom stereocenters. The van der Waals surface area contributed by atoms with Crippen LogP contribution in [0.15, 0.2) is 18.2 Å². The Balaban J connectivity index is 2.23. The van der Waals surface area contributed by atoms with Gasteiger partial charge in [0.25, 0.3) is 0 Å². The highest BCUT2D eigenvalue weighted by molar-refractivity contribution is 6.30. The summed E-state index contributed by atoms with van der Waals surface area (Å²) >= 11 is 5.53. The molecular formula is C10H8ClFO. The van der Waals surface area contributed by atoms with Gasteiger partial charge in [0.05, 0.1) is 5.02 Å². The van der Waals surface area contributed by atoms with Crippen molar-refractivity contribution in [2.75, 3.05) is 0 Å². The Morgan fingerprint density at radius 2 is 2.31 bits per heavy atom. The summed E-state index contributed by atoms with van der Waals surface area (Å²) < 4.78 is 13.0. The molecule has 3 heteroatoms. The Hall–Kier alpha value is -0.890. The van der Waals surface area contributed by atoms with E-state index in [9.17, 15) is 9.18 Å². The van der Waals surface area contributed by atoms with Gasteiger partial charge < -0.3 is 4.79 Å². The van der Waals surface area contributed by atoms with Crippen LogP contribution < -0.4 is 0 Å². The van der Waals surface area contributed by atoms with Gasteiger partial charge in [-0.2, -0.15) is 0 Å². The predicted octanol–water partition coefficient (Wildman–Crippen LogP) is 2.78. The smallest absolute Gasteiger partial charge is 0.142 e. The highest BCUT2D eigenvalue weighted by Gasteiger charge is 2.38. The third-order valence-electron chi connectivity index (χ3n) is 2.39. The lowest BCUT2D eigenvalue weighted by molar-refractivity contribution is -0.108. The molecule has 0 N–H and O–H groups in total. The monoisotopic (exact) mass is 198 g/mol. The number of carbonyl (C=O) groups is 1. The first-order valence-corrected chi connectivity index (χ1v) is 4.50. The van der Waals surface area contributed by atoms with Crippen LogP contribution in [0.2, 0.25) is 5.02 Å². The van der Waals surface area contributed by atoms with Crippen LogP contribution in [-0.4, -0.2) is 6.29 Å². The van der Waals surface area contributed by atoms with E-state index in [2.05, 4.69) is 0 Å². The zero-order chi connectivity index (χ0) is 9.42. The largest absolute Gasteiger partial charge is 0.303 e. The Kier molecular flexibility index (Phi) is 2.08. The summed E-state index contributed by atoms with van der Waals surface area (Å²) in [7, 11) is 0. The Bertz CT molecular complexity index is 351. The number of hydrogen-bond acceptors (Lipinski definition) is 1. The minimum atomic E-state index is -0.407. The molecule has 1 aliphatic rings. The highest BCUT2D eigenvalue weighted by Crippen LogP contribution is 2.46. The summed E-state index contributed by atoms with van der Waals surface area (Å²) in [4.78, 5) is 10.4. The average molecular weight is 199 g/mol. The molecule has 1 nitrogen and oxygen atoms in total. The van der Waals surface area contributed by atoms with Gasteiger partial charge >= 0.3 is 0 Å². The molecule has 13 heavy (non-hydrogen) atoms. The van der Waals surface area contributed by atoms with Crippen LogP contribution in [0.5, 0.6) is 0 Å². The number of aldehydes is 1. The Morgan fingerprint density at radius 1 is 1.54 bits per heavy atom. The number of halogens is 2. The lowest BCUT2D eigenvalue weighted by Gasteiger charge is -1.99. The molecule has 1 aromatic rings. The van der Waals surface area contributed by atoms with Crippen molar-refractivity contribution in [1.29, 1.82) is 0 Å². The number of carbonyl (C=O) groups excluding carboxylic acids is 1. The molecule has 0 aromatic heterocycles. The molecule has 0 aliphatic heterocycles. The van der Waals surface area contributed by atoms with Crippen molar-refractivity contribution in [3.8, 4) is 0 Å². The van der Waals surface area contributed by atoms with Crippen LogP contribution >= 0.6 is 11.6 Å². The standard InChI is InChI=1S/C10H8ClFO/c11-9-2-1-6(4-10(9)12)8-3-7(8)5-13/h1-2,4-5,7-8H,3H2/t7-,8-/m1/s1. The molecule has 1 aliphatic carbocycles. The van der Waals surface area contributed by atoms with Gasteiger partial charge in [0.1, 0.15) is 12.1 Å². The Labute approximate surface area is 80.5 Å². The zero-order valence-electron chi connectivity index (χ0n) is 6.84. The summed E-state index contributed by atoms with van der Waals surface area (Å²) in [5, 5.41) is 0.132. The summed E-state index contributed by atoms with van der Waals surface area (Å²) in [6.07, 6.45) is 1.77. The van der Waals surface area contributed by atoms with Gasteiger partial charge in [-0.1, -0.05) is 17.7 Å². The molecule has 1 aromatic carbocycles. The molecular weight excluding hydrogens is 191 g/mol. The van der Waals surface area contributed by atoms with E-state index in [1.165, 1.54) is 12.1 Å². The second-order valence-electron chi connectivity index (χ2n) is 3.32. The van der Waals surface area contributed by atoms with E-state index in [0.29, 0.717) is 0 Å². The maximum absolute atomic E-state index is 13.0. The molecule has 0 spiro atoms. The number of benzene rings is 1. The molecule has 0 unspecified atom stereocenters. The van der Waals surface area contributed by atoms with Gasteiger partial charge in [-0.25, -0.2) is 4.39 Å². The second-order valence-corrected chi connectivity index (χ2v) is 3.72. The number of hydrogen-bond donors (Lipinski definition) is 0. The van der Waals surface area contributed by atoms with Crippen LogP contribution in [-0.2, 0) is 4.79 Å². The van der Waals surface area contributed by atoms with Gasteiger partial charge in [0, 0.05) is 5.92 Å². The predicted molar refractivity (Wildman–Crippen MR) is 48.3 cm³/mol. The zero-order valence-corrected chi connectivity index (χ0v) is 7.59. The van der Waals surface area contributed by atoms with Crippen LogP contribution in [0.1, 0.15) is 17.9 Å². The topological polar surface area (TPSA) is 17.1 Å². The maximum atomic E-state index is 13.0. The Morgan fingerprint density at radius 3 is 2.85 bits per heavy atom. The van der Waals surface area contributed by atoms with Crippen LogP contribution in [0.25, 0.3) is 0 Å². The van der Waals surface area contributed by atoms with Gasteiger partial charge in [0.15, 0.2) is 0 Å². The molecule has 0 radical (unpaired) electrons. The number of rotatable bonds is 2. The molecule has 1 saturated carbocycles. The fourth-order valence-corrected chi connectivity index (χ4v) is 1.61. The van der Waals surface area contributed by atoms with E-state index in [-0.39, 0.29) is 16.9 Å². The molecule has 0 heterocycles. The van der Waals surface area contributed by atoms with Gasteiger partial charge in [-0.05, 0) is 30.0 Å². The minimum Gasteiger partial charge on any atom is -0.303 e. The van der Waals surface area contributed by atoms with Crippen LogP contribution in [0, 0.1) is 11.7 Å². The highest BCUT2D eigenvalue weighted by atomic mass is 35.5. The van der Waals surface area contributed by atoms with Gasteiger partial charge in [0.2, 0.25) is 0 Å². The van der Waals surface area contributed by atoms with E-state index < -0.39 is 5.82 Å². The van der Waals surface area contributed by atoms with Crippen molar-refractivity contribution < 1.29 is 9.18 Å². The van der Waals surface area contributed by atoms with Crippen LogP contribution in [0.3, 0.4) is 0 Å². The van der Waals surface area contributed by atoms with Crippen molar-refractivity contribution in [3.05, 3.63) is 34.6 Å². The van der Waals surface area contributed by atoms with E-state index in [1.54, 1.807) is 6.07 Å². The van der Waals surface area contributed by atoms with E-state index in [0.717, 1.165) is 18.3 Å². The van der Waals surface area contributed by atoms with E-state index in [1.807, 2.05) is 0 Å². The van der Waals surface area contributed by atoms with E-state index >= 15 is 0 Å². The molecule has 68 valence electrons. The maximum Gasteiger partial charge on any atom is 0.142 e. The third-order valence-corrected chi connectivity index (χ3v) is 2.69. The second kappa shape index (κ2) is 3.11. The quantitative estimate of drug-likeness (QED) is 0.668. The molecule has 0 amide bonds. The summed E-state index contributed by atoms with van der Waals surface area (Å²) in [6, 6.07) is 4.72. The lowest BCUT2D eigenvalue weighted by Crippen LogP contribution is -1.86. The van der Waals surface area contributed by atoms with Crippen molar-refractivity contribution in [3.63, 3.8) is 0 Å². The van der Waals surface area contributed by atoms with Crippen molar-refractivity contribution >= 4 is 17.9 Å². The molecule has 2 rings (SSSR count). The molecule has 1 fully saturated rings. The van der Waals surface area contributed by atoms with Crippen molar-refractivity contribution in [2.24, 2.45) is 5.92 Å². The molecule has 0 saturated heterocycles. The summed E-state index contributed by atoms with van der Waals surface area (Å²) in [5.41, 5.74) is 0.874. The third kappa shape index (κ3) is 1.59. The molecule has 0 bridgehead atoms. The van der Waals surface area contributed by atoms with Crippen LogP contribution in [0.4, 0.5) is 4.39 Å². The van der Waals surface area contributed by atoms with Crippen molar-refractivity contribution in [2.45, 2.75) is 12.3 Å². The lowest BCUT2D eigenvalue weighted by atomic mass is 10.1. The first kappa shape index (κ1) is 8.70. The fourth-order valence-electron chi connectivity index (χ4n) is 1.49. The van der Waals surface area contributed by atoms with Gasteiger partial charge in [-0.3, -0.25) is 0 Å². The summed E-state index contributed by atoms with van der Waals surface area (Å²) in [6.45, 7) is 0. The normalized spacial score (nSPS) is 25.7. The summed E-state index contributed by atoms with van der Waals surface area (Å²) in [5.74, 6) is -0.111. The average Bonchev–Trinajstić information content (AvgIpc) is 2.88. The van der Waals surface area contributed by atoms with Gasteiger partial charge in [-0.15, -0.1) is 0 Å². The first-order chi connectivity index (χ1) is 6.22. The SMILES string of the molecule is O=C[C@H]1C[C@@H]1c1ccc(Cl)c(F)c1. The fraction of sp³-hybridized carbons (Fsp3) is 0.300. The first-order valence-electron chi connectivity index (χ1n) is 4.12. The minimum absolute atomic E-state index is 0.0839. The van der Waals surface area contributed by atoms with Crippen molar-refractivity contribution in [1.82, 2.24) is 0 Å².